The molecule has 174 valence electrons. The summed E-state index contributed by atoms with van der Waals surface area (Å²) in [5.74, 6) is 1.55. The molecule has 2 heterocycles. The Bertz CT molecular complexity index is 1090. The van der Waals surface area contributed by atoms with Gasteiger partial charge in [0.1, 0.15) is 5.75 Å². The number of nitrogens with zero attached hydrogens (tertiary/aromatic N) is 1. The van der Waals surface area contributed by atoms with E-state index in [0.29, 0.717) is 5.92 Å². The zero-order chi connectivity index (χ0) is 22.6. The van der Waals surface area contributed by atoms with E-state index in [4.69, 9.17) is 4.74 Å². The third kappa shape index (κ3) is 5.02. The van der Waals surface area contributed by atoms with Crippen LogP contribution in [0.5, 0.6) is 5.75 Å². The number of thiophene rings is 1. The minimum Gasteiger partial charge on any atom is -0.497 e. The zero-order valence-corrected chi connectivity index (χ0v) is 20.6. The lowest BCUT2D eigenvalue weighted by Crippen LogP contribution is -2.30. The van der Waals surface area contributed by atoms with Crippen molar-refractivity contribution in [2.45, 2.75) is 63.7 Å². The Hall–Kier alpha value is -2.17. The first-order valence-electron chi connectivity index (χ1n) is 12.7. The molecule has 1 saturated carbocycles. The second-order valence-electron chi connectivity index (χ2n) is 9.72. The summed E-state index contributed by atoms with van der Waals surface area (Å²) in [4.78, 5) is 17.6. The number of rotatable bonds is 8. The number of ether oxygens (including phenoxy) is 1. The summed E-state index contributed by atoms with van der Waals surface area (Å²) in [5.41, 5.74) is 3.08. The van der Waals surface area contributed by atoms with Crippen molar-refractivity contribution in [2.75, 3.05) is 26.7 Å². The summed E-state index contributed by atoms with van der Waals surface area (Å²) < 4.78 is 6.61. The number of hydrogen-bond acceptors (Lipinski definition) is 4. The summed E-state index contributed by atoms with van der Waals surface area (Å²) in [6.07, 6.45) is 11.3. The molecule has 0 bridgehead atoms. The Kier molecular flexibility index (Phi) is 7.13. The summed E-state index contributed by atoms with van der Waals surface area (Å²) in [6, 6.07) is 14.6. The van der Waals surface area contributed by atoms with Gasteiger partial charge in [-0.2, -0.15) is 0 Å². The normalized spacial score (nSPS) is 17.6. The van der Waals surface area contributed by atoms with Gasteiger partial charge in [-0.25, -0.2) is 0 Å². The first-order chi connectivity index (χ1) is 16.2. The molecule has 2 aromatic carbocycles. The molecule has 0 N–H and O–H groups in total. The molecule has 2 aliphatic rings. The van der Waals surface area contributed by atoms with Crippen LogP contribution in [0.15, 0.2) is 42.5 Å². The van der Waals surface area contributed by atoms with E-state index in [1.54, 1.807) is 18.4 Å². The van der Waals surface area contributed by atoms with E-state index < -0.39 is 0 Å². The molecule has 5 rings (SSSR count). The van der Waals surface area contributed by atoms with Crippen molar-refractivity contribution in [3.8, 4) is 5.75 Å². The summed E-state index contributed by atoms with van der Waals surface area (Å²) in [5, 5.41) is 1.08. The van der Waals surface area contributed by atoms with Crippen LogP contribution in [0.2, 0.25) is 0 Å². The van der Waals surface area contributed by atoms with Crippen molar-refractivity contribution < 1.29 is 9.53 Å². The van der Waals surface area contributed by atoms with Crippen molar-refractivity contribution in [2.24, 2.45) is 0 Å². The molecule has 33 heavy (non-hydrogen) atoms. The number of benzene rings is 2. The summed E-state index contributed by atoms with van der Waals surface area (Å²) in [7, 11) is 1.70. The van der Waals surface area contributed by atoms with E-state index in [2.05, 4.69) is 29.2 Å². The highest BCUT2D eigenvalue weighted by molar-refractivity contribution is 7.19. The van der Waals surface area contributed by atoms with Gasteiger partial charge in [0.2, 0.25) is 0 Å². The number of ketones is 1. The predicted molar refractivity (Wildman–Crippen MR) is 138 cm³/mol. The lowest BCUT2D eigenvalue weighted by atomic mass is 9.93. The van der Waals surface area contributed by atoms with Crippen LogP contribution in [-0.4, -0.2) is 37.4 Å². The second-order valence-corrected chi connectivity index (χ2v) is 10.8. The van der Waals surface area contributed by atoms with Crippen LogP contribution in [-0.2, 0) is 6.42 Å². The van der Waals surface area contributed by atoms with E-state index in [-0.39, 0.29) is 5.78 Å². The fraction of sp³-hybridized carbons (Fsp3) is 0.483. The number of likely N-dealkylation sites (tertiary alicyclic amines) is 1. The van der Waals surface area contributed by atoms with E-state index in [9.17, 15) is 4.79 Å². The summed E-state index contributed by atoms with van der Waals surface area (Å²) in [6.45, 7) is 3.71. The highest BCUT2D eigenvalue weighted by atomic mass is 32.1. The Labute approximate surface area is 201 Å². The van der Waals surface area contributed by atoms with Gasteiger partial charge in [0.05, 0.1) is 7.11 Å². The maximum absolute atomic E-state index is 13.8. The molecule has 2 fully saturated rings. The maximum atomic E-state index is 13.8. The Balaban J connectivity index is 1.34. The molecule has 4 heteroatoms. The van der Waals surface area contributed by atoms with E-state index in [0.717, 1.165) is 33.4 Å². The maximum Gasteiger partial charge on any atom is 0.194 e. The van der Waals surface area contributed by atoms with Crippen molar-refractivity contribution in [1.82, 2.24) is 4.90 Å². The first-order valence-corrected chi connectivity index (χ1v) is 13.5. The minimum absolute atomic E-state index is 0.174. The molecular formula is C29H35NO2S. The van der Waals surface area contributed by atoms with Crippen molar-refractivity contribution in [3.05, 3.63) is 64.0 Å². The monoisotopic (exact) mass is 461 g/mol. The standard InChI is InChI=1S/C29H35NO2S/c1-32-24-15-16-25-26(20-24)33-29(23-9-3-4-10-23)27(25)28(31)22-13-11-21(12-14-22)8-7-19-30-17-5-2-6-18-30/h11-16,20,23H,2-10,17-19H2,1H3. The van der Waals surface area contributed by atoms with E-state index in [1.165, 1.54) is 81.4 Å². The van der Waals surface area contributed by atoms with Gasteiger partial charge in [0.15, 0.2) is 5.78 Å². The molecule has 1 aliphatic heterocycles. The van der Waals surface area contributed by atoms with Crippen LogP contribution >= 0.6 is 11.3 Å². The number of aryl methyl sites for hydroxylation is 1. The highest BCUT2D eigenvalue weighted by Gasteiger charge is 2.28. The number of fused-ring (bicyclic) bond motifs is 1. The third-order valence-corrected chi connectivity index (χ3v) is 8.80. The van der Waals surface area contributed by atoms with Crippen molar-refractivity contribution in [3.63, 3.8) is 0 Å². The van der Waals surface area contributed by atoms with Gasteiger partial charge in [-0.05, 0) is 87.8 Å². The third-order valence-electron chi connectivity index (χ3n) is 7.48. The average molecular weight is 462 g/mol. The number of piperidine rings is 1. The number of methoxy groups -OCH3 is 1. The molecule has 0 unspecified atom stereocenters. The first kappa shape index (κ1) is 22.6. The van der Waals surface area contributed by atoms with Gasteiger partial charge in [-0.3, -0.25) is 4.79 Å². The molecule has 1 aliphatic carbocycles. The van der Waals surface area contributed by atoms with Gasteiger partial charge in [-0.15, -0.1) is 11.3 Å². The molecular weight excluding hydrogens is 426 g/mol. The van der Waals surface area contributed by atoms with Crippen LogP contribution in [0.25, 0.3) is 10.1 Å². The largest absolute Gasteiger partial charge is 0.497 e. The minimum atomic E-state index is 0.174. The second kappa shape index (κ2) is 10.4. The van der Waals surface area contributed by atoms with Gasteiger partial charge in [0.25, 0.3) is 0 Å². The van der Waals surface area contributed by atoms with E-state index in [1.807, 2.05) is 18.2 Å². The molecule has 0 spiro atoms. The van der Waals surface area contributed by atoms with Crippen LogP contribution in [0.1, 0.15) is 83.6 Å². The lowest BCUT2D eigenvalue weighted by molar-refractivity contribution is 0.103. The van der Waals surface area contributed by atoms with Crippen LogP contribution in [0.3, 0.4) is 0 Å². The molecule has 0 atom stereocenters. The van der Waals surface area contributed by atoms with Crippen LogP contribution in [0, 0.1) is 0 Å². The molecule has 1 saturated heterocycles. The van der Waals surface area contributed by atoms with Gasteiger partial charge >= 0.3 is 0 Å². The zero-order valence-electron chi connectivity index (χ0n) is 19.8. The topological polar surface area (TPSA) is 29.5 Å². The van der Waals surface area contributed by atoms with Crippen molar-refractivity contribution in [1.29, 1.82) is 0 Å². The van der Waals surface area contributed by atoms with Gasteiger partial charge in [0, 0.05) is 26.1 Å². The molecule has 0 radical (unpaired) electrons. The highest BCUT2D eigenvalue weighted by Crippen LogP contribution is 2.44. The van der Waals surface area contributed by atoms with Gasteiger partial charge < -0.3 is 9.64 Å². The Morgan fingerprint density at radius 3 is 2.48 bits per heavy atom. The van der Waals surface area contributed by atoms with Crippen LogP contribution in [0.4, 0.5) is 0 Å². The fourth-order valence-electron chi connectivity index (χ4n) is 5.59. The number of hydrogen-bond donors (Lipinski definition) is 0. The van der Waals surface area contributed by atoms with Crippen LogP contribution < -0.4 is 4.74 Å². The number of carbonyl (C=O) groups is 1. The quantitative estimate of drug-likeness (QED) is 0.332. The SMILES string of the molecule is COc1ccc2c(C(=O)c3ccc(CCCN4CCCCC4)cc3)c(C3CCCC3)sc2c1. The summed E-state index contributed by atoms with van der Waals surface area (Å²) >= 11 is 1.80. The molecule has 1 aromatic heterocycles. The fourth-order valence-corrected chi connectivity index (χ4v) is 6.99. The van der Waals surface area contributed by atoms with Gasteiger partial charge in [-0.1, -0.05) is 43.5 Å². The van der Waals surface area contributed by atoms with Crippen molar-refractivity contribution >= 4 is 27.2 Å². The average Bonchev–Trinajstić information content (AvgIpc) is 3.52. The molecule has 0 amide bonds. The molecule has 3 aromatic rings. The predicted octanol–water partition coefficient (Wildman–Crippen LogP) is 7.22. The Morgan fingerprint density at radius 2 is 1.76 bits per heavy atom. The lowest BCUT2D eigenvalue weighted by Gasteiger charge is -2.26. The smallest absolute Gasteiger partial charge is 0.194 e. The van der Waals surface area contributed by atoms with E-state index >= 15 is 0 Å². The number of carbonyl (C=O) groups excluding carboxylic acids is 1. The molecule has 3 nitrogen and oxygen atoms in total. The Morgan fingerprint density at radius 1 is 1.00 bits per heavy atom.